The molecule has 0 radical (unpaired) electrons. The molecular weight excluding hydrogens is 202 g/mol. The molecule has 0 atom stereocenters. The molecule has 0 aromatic carbocycles. The highest BCUT2D eigenvalue weighted by Gasteiger charge is 1.99. The molecule has 0 spiro atoms. The Hall–Kier alpha value is -1.13. The minimum Gasteiger partial charge on any atom is -0.383 e. The molecule has 1 aromatic heterocycles. The Labute approximate surface area is 97.3 Å². The minimum atomic E-state index is 0.766. The zero-order valence-electron chi connectivity index (χ0n) is 10.4. The average Bonchev–Trinajstić information content (AvgIpc) is 2.69. The standard InChI is InChI=1S/C12H21N3O/c1-11(12-14-7-9-15(12)2)5-4-6-13-8-10-16-3/h5,7,9,13H,4,6,8,10H2,1-3H3. The molecule has 0 saturated heterocycles. The summed E-state index contributed by atoms with van der Waals surface area (Å²) in [7, 11) is 3.73. The summed E-state index contributed by atoms with van der Waals surface area (Å²) < 4.78 is 6.98. The van der Waals surface area contributed by atoms with Crippen LogP contribution in [0.4, 0.5) is 0 Å². The first-order valence-electron chi connectivity index (χ1n) is 5.60. The van der Waals surface area contributed by atoms with Gasteiger partial charge in [0.15, 0.2) is 0 Å². The van der Waals surface area contributed by atoms with E-state index in [1.807, 2.05) is 24.0 Å². The van der Waals surface area contributed by atoms with Crippen molar-refractivity contribution >= 4 is 5.57 Å². The Balaban J connectivity index is 2.27. The van der Waals surface area contributed by atoms with Crippen LogP contribution in [0.5, 0.6) is 0 Å². The fourth-order valence-corrected chi connectivity index (χ4v) is 1.53. The van der Waals surface area contributed by atoms with Gasteiger partial charge in [-0.1, -0.05) is 6.08 Å². The Morgan fingerprint density at radius 1 is 1.56 bits per heavy atom. The van der Waals surface area contributed by atoms with Crippen molar-refractivity contribution < 1.29 is 4.74 Å². The maximum atomic E-state index is 4.95. The van der Waals surface area contributed by atoms with Gasteiger partial charge in [0.1, 0.15) is 5.82 Å². The van der Waals surface area contributed by atoms with Crippen LogP contribution in [0.2, 0.25) is 0 Å². The van der Waals surface area contributed by atoms with E-state index in [-0.39, 0.29) is 0 Å². The van der Waals surface area contributed by atoms with Gasteiger partial charge in [-0.3, -0.25) is 0 Å². The predicted octanol–water partition coefficient (Wildman–Crippen LogP) is 1.45. The fourth-order valence-electron chi connectivity index (χ4n) is 1.53. The first-order chi connectivity index (χ1) is 7.75. The van der Waals surface area contributed by atoms with Crippen LogP contribution in [0.3, 0.4) is 0 Å². The second-order valence-electron chi connectivity index (χ2n) is 3.78. The third-order valence-electron chi connectivity index (χ3n) is 2.43. The molecule has 0 saturated carbocycles. The van der Waals surface area contributed by atoms with Crippen molar-refractivity contribution in [2.75, 3.05) is 26.8 Å². The quantitative estimate of drug-likeness (QED) is 0.711. The molecule has 90 valence electrons. The second-order valence-corrected chi connectivity index (χ2v) is 3.78. The van der Waals surface area contributed by atoms with Crippen LogP contribution >= 0.6 is 0 Å². The Bertz CT molecular complexity index is 331. The van der Waals surface area contributed by atoms with Crippen molar-refractivity contribution in [1.82, 2.24) is 14.9 Å². The van der Waals surface area contributed by atoms with Crippen molar-refractivity contribution in [3.05, 3.63) is 24.3 Å². The van der Waals surface area contributed by atoms with Crippen LogP contribution < -0.4 is 5.32 Å². The topological polar surface area (TPSA) is 39.1 Å². The molecule has 1 rings (SSSR count). The van der Waals surface area contributed by atoms with Crippen LogP contribution in [0, 0.1) is 0 Å². The number of rotatable bonds is 7. The number of hydrogen-bond acceptors (Lipinski definition) is 3. The van der Waals surface area contributed by atoms with Crippen molar-refractivity contribution in [2.24, 2.45) is 7.05 Å². The molecule has 0 bridgehead atoms. The third-order valence-corrected chi connectivity index (χ3v) is 2.43. The van der Waals surface area contributed by atoms with Gasteiger partial charge in [-0.05, 0) is 25.5 Å². The first-order valence-corrected chi connectivity index (χ1v) is 5.60. The molecule has 4 nitrogen and oxygen atoms in total. The summed E-state index contributed by atoms with van der Waals surface area (Å²) in [6.45, 7) is 4.75. The lowest BCUT2D eigenvalue weighted by Crippen LogP contribution is -2.19. The summed E-state index contributed by atoms with van der Waals surface area (Å²) in [5.41, 5.74) is 1.22. The Morgan fingerprint density at radius 2 is 2.38 bits per heavy atom. The number of methoxy groups -OCH3 is 1. The molecule has 16 heavy (non-hydrogen) atoms. The summed E-state index contributed by atoms with van der Waals surface area (Å²) in [5.74, 6) is 1.04. The summed E-state index contributed by atoms with van der Waals surface area (Å²) in [5, 5.41) is 3.30. The van der Waals surface area contributed by atoms with Gasteiger partial charge in [-0.15, -0.1) is 0 Å². The van der Waals surface area contributed by atoms with E-state index in [0.29, 0.717) is 0 Å². The van der Waals surface area contributed by atoms with Crippen molar-refractivity contribution in [1.29, 1.82) is 0 Å². The van der Waals surface area contributed by atoms with E-state index >= 15 is 0 Å². The molecular formula is C12H21N3O. The highest BCUT2D eigenvalue weighted by Crippen LogP contribution is 2.10. The summed E-state index contributed by atoms with van der Waals surface area (Å²) in [4.78, 5) is 4.30. The number of aryl methyl sites for hydroxylation is 1. The van der Waals surface area contributed by atoms with E-state index in [9.17, 15) is 0 Å². The molecule has 0 aliphatic carbocycles. The Kier molecular flexibility index (Phi) is 5.82. The van der Waals surface area contributed by atoms with Crippen LogP contribution in [0.15, 0.2) is 18.5 Å². The number of allylic oxidation sites excluding steroid dienone is 1. The molecule has 1 heterocycles. The Morgan fingerprint density at radius 3 is 3.00 bits per heavy atom. The predicted molar refractivity (Wildman–Crippen MR) is 66.2 cm³/mol. The monoisotopic (exact) mass is 223 g/mol. The largest absolute Gasteiger partial charge is 0.383 e. The number of imidazole rings is 1. The van der Waals surface area contributed by atoms with Gasteiger partial charge < -0.3 is 14.6 Å². The van der Waals surface area contributed by atoms with Crippen molar-refractivity contribution in [3.63, 3.8) is 0 Å². The van der Waals surface area contributed by atoms with E-state index in [0.717, 1.165) is 31.9 Å². The van der Waals surface area contributed by atoms with E-state index in [2.05, 4.69) is 23.3 Å². The molecule has 0 aliphatic heterocycles. The summed E-state index contributed by atoms with van der Waals surface area (Å²) in [6.07, 6.45) is 7.01. The first kappa shape index (κ1) is 12.9. The SMILES string of the molecule is COCCNCCC=C(C)c1nccn1C. The number of ether oxygens (including phenoxy) is 1. The van der Waals surface area contributed by atoms with Gasteiger partial charge in [0.2, 0.25) is 0 Å². The second kappa shape index (κ2) is 7.19. The van der Waals surface area contributed by atoms with Gasteiger partial charge in [0.25, 0.3) is 0 Å². The van der Waals surface area contributed by atoms with Crippen LogP contribution in [-0.4, -0.2) is 36.4 Å². The number of aromatic nitrogens is 2. The lowest BCUT2D eigenvalue weighted by molar-refractivity contribution is 0.199. The van der Waals surface area contributed by atoms with Crippen LogP contribution in [0.25, 0.3) is 5.57 Å². The van der Waals surface area contributed by atoms with Crippen LogP contribution in [-0.2, 0) is 11.8 Å². The summed E-state index contributed by atoms with van der Waals surface area (Å²) in [6, 6.07) is 0. The zero-order valence-corrected chi connectivity index (χ0v) is 10.4. The fraction of sp³-hybridized carbons (Fsp3) is 0.583. The van der Waals surface area contributed by atoms with Crippen LogP contribution in [0.1, 0.15) is 19.2 Å². The number of nitrogens with one attached hydrogen (secondary N) is 1. The molecule has 4 heteroatoms. The normalized spacial score (nSPS) is 12.1. The van der Waals surface area contributed by atoms with E-state index in [1.54, 1.807) is 7.11 Å². The minimum absolute atomic E-state index is 0.766. The van der Waals surface area contributed by atoms with Gasteiger partial charge in [-0.25, -0.2) is 4.98 Å². The van der Waals surface area contributed by atoms with Crippen molar-refractivity contribution in [3.8, 4) is 0 Å². The highest BCUT2D eigenvalue weighted by atomic mass is 16.5. The number of nitrogens with zero attached hydrogens (tertiary/aromatic N) is 2. The van der Waals surface area contributed by atoms with Crippen molar-refractivity contribution in [2.45, 2.75) is 13.3 Å². The number of hydrogen-bond donors (Lipinski definition) is 1. The van der Waals surface area contributed by atoms with E-state index in [4.69, 9.17) is 4.74 Å². The average molecular weight is 223 g/mol. The zero-order chi connectivity index (χ0) is 11.8. The maximum Gasteiger partial charge on any atom is 0.134 e. The third kappa shape index (κ3) is 4.16. The van der Waals surface area contributed by atoms with Gasteiger partial charge in [-0.2, -0.15) is 0 Å². The lowest BCUT2D eigenvalue weighted by Gasteiger charge is -2.03. The van der Waals surface area contributed by atoms with E-state index in [1.165, 1.54) is 5.57 Å². The molecule has 1 aromatic rings. The van der Waals surface area contributed by atoms with Gasteiger partial charge >= 0.3 is 0 Å². The van der Waals surface area contributed by atoms with Gasteiger partial charge in [0, 0.05) is 33.1 Å². The molecule has 1 N–H and O–H groups in total. The molecule has 0 unspecified atom stereocenters. The molecule has 0 fully saturated rings. The summed E-state index contributed by atoms with van der Waals surface area (Å²) >= 11 is 0. The van der Waals surface area contributed by atoms with E-state index < -0.39 is 0 Å². The molecule has 0 amide bonds. The van der Waals surface area contributed by atoms with Gasteiger partial charge in [0.05, 0.1) is 6.61 Å². The highest BCUT2D eigenvalue weighted by molar-refractivity contribution is 5.57. The lowest BCUT2D eigenvalue weighted by atomic mass is 10.2. The smallest absolute Gasteiger partial charge is 0.134 e. The maximum absolute atomic E-state index is 4.95. The molecule has 0 aliphatic rings.